The topological polar surface area (TPSA) is 24.4 Å². The molecule has 13 heavy (non-hydrogen) atoms. The summed E-state index contributed by atoms with van der Waals surface area (Å²) >= 11 is 4.40. The fourth-order valence-corrected chi connectivity index (χ4v) is 1.66. The number of aliphatic imine (C=N–C) groups is 1. The molecule has 0 saturated carbocycles. The van der Waals surface area contributed by atoms with Gasteiger partial charge in [0.2, 0.25) is 0 Å². The lowest BCUT2D eigenvalue weighted by Gasteiger charge is -2.06. The van der Waals surface area contributed by atoms with Gasteiger partial charge >= 0.3 is 0 Å². The Labute approximate surface area is 83.5 Å². The summed E-state index contributed by atoms with van der Waals surface area (Å²) in [6.07, 6.45) is 0. The molecule has 0 aliphatic carbocycles. The van der Waals surface area contributed by atoms with Gasteiger partial charge in [0.1, 0.15) is 5.84 Å². The van der Waals surface area contributed by atoms with Gasteiger partial charge < -0.3 is 5.32 Å². The first-order valence-electron chi connectivity index (χ1n) is 4.36. The zero-order valence-corrected chi connectivity index (χ0v) is 8.44. The van der Waals surface area contributed by atoms with E-state index in [-0.39, 0.29) is 0 Å². The lowest BCUT2D eigenvalue weighted by Crippen LogP contribution is -2.20. The summed E-state index contributed by atoms with van der Waals surface area (Å²) in [5.74, 6) is 0.980. The monoisotopic (exact) mass is 192 g/mol. The Kier molecular flexibility index (Phi) is 2.27. The zero-order valence-electron chi connectivity index (χ0n) is 7.54. The Morgan fingerprint density at radius 2 is 2.31 bits per heavy atom. The van der Waals surface area contributed by atoms with E-state index in [0.29, 0.717) is 0 Å². The molecule has 0 aromatic heterocycles. The molecule has 0 radical (unpaired) electrons. The van der Waals surface area contributed by atoms with Crippen molar-refractivity contribution in [2.75, 3.05) is 13.1 Å². The molecule has 0 atom stereocenters. The molecular formula is C10H12N2S. The zero-order chi connectivity index (χ0) is 9.26. The normalized spacial score (nSPS) is 15.4. The molecule has 0 unspecified atom stereocenters. The van der Waals surface area contributed by atoms with Gasteiger partial charge in [-0.15, -0.1) is 12.6 Å². The van der Waals surface area contributed by atoms with E-state index in [1.807, 2.05) is 6.07 Å². The van der Waals surface area contributed by atoms with Crippen molar-refractivity contribution >= 4 is 18.5 Å². The molecule has 0 spiro atoms. The maximum atomic E-state index is 4.40. The van der Waals surface area contributed by atoms with Crippen LogP contribution in [-0.2, 0) is 0 Å². The Balaban J connectivity index is 2.43. The average molecular weight is 192 g/mol. The molecular weight excluding hydrogens is 180 g/mol. The molecule has 1 aliphatic rings. The minimum atomic E-state index is 0.872. The van der Waals surface area contributed by atoms with E-state index in [4.69, 9.17) is 0 Å². The van der Waals surface area contributed by atoms with Gasteiger partial charge in [0.15, 0.2) is 0 Å². The van der Waals surface area contributed by atoms with Crippen molar-refractivity contribution in [2.45, 2.75) is 11.8 Å². The number of benzene rings is 1. The molecule has 2 nitrogen and oxygen atoms in total. The van der Waals surface area contributed by atoms with E-state index >= 15 is 0 Å². The van der Waals surface area contributed by atoms with Crippen molar-refractivity contribution in [3.05, 3.63) is 29.3 Å². The van der Waals surface area contributed by atoms with Gasteiger partial charge in [0, 0.05) is 17.0 Å². The SMILES string of the molecule is Cc1ccc(S)c(C2=NCCN2)c1. The molecule has 1 aromatic rings. The second-order valence-corrected chi connectivity index (χ2v) is 3.66. The molecule has 1 heterocycles. The smallest absolute Gasteiger partial charge is 0.129 e. The maximum Gasteiger partial charge on any atom is 0.129 e. The summed E-state index contributed by atoms with van der Waals surface area (Å²) < 4.78 is 0. The highest BCUT2D eigenvalue weighted by molar-refractivity contribution is 7.80. The van der Waals surface area contributed by atoms with Crippen molar-refractivity contribution in [3.63, 3.8) is 0 Å². The van der Waals surface area contributed by atoms with Crippen LogP contribution in [-0.4, -0.2) is 18.9 Å². The van der Waals surface area contributed by atoms with Crippen LogP contribution in [0.15, 0.2) is 28.1 Å². The van der Waals surface area contributed by atoms with Gasteiger partial charge in [0.25, 0.3) is 0 Å². The minimum absolute atomic E-state index is 0.872. The van der Waals surface area contributed by atoms with Crippen LogP contribution >= 0.6 is 12.6 Å². The third-order valence-electron chi connectivity index (χ3n) is 2.08. The summed E-state index contributed by atoms with van der Waals surface area (Å²) in [6, 6.07) is 6.18. The number of nitrogens with zero attached hydrogens (tertiary/aromatic N) is 1. The summed E-state index contributed by atoms with van der Waals surface area (Å²) in [5.41, 5.74) is 2.35. The predicted molar refractivity (Wildman–Crippen MR) is 57.8 cm³/mol. The number of thiol groups is 1. The predicted octanol–water partition coefficient (Wildman–Crippen LogP) is 1.63. The van der Waals surface area contributed by atoms with E-state index in [1.54, 1.807) is 0 Å². The van der Waals surface area contributed by atoms with Gasteiger partial charge in [0.05, 0.1) is 6.54 Å². The minimum Gasteiger partial charge on any atom is -0.368 e. The molecule has 0 amide bonds. The highest BCUT2D eigenvalue weighted by Gasteiger charge is 2.10. The van der Waals surface area contributed by atoms with Crippen LogP contribution in [0.5, 0.6) is 0 Å². The maximum absolute atomic E-state index is 4.40. The molecule has 3 heteroatoms. The van der Waals surface area contributed by atoms with Crippen molar-refractivity contribution < 1.29 is 0 Å². The lowest BCUT2D eigenvalue weighted by atomic mass is 10.1. The molecule has 0 saturated heterocycles. The number of nitrogens with one attached hydrogen (secondary N) is 1. The highest BCUT2D eigenvalue weighted by atomic mass is 32.1. The molecule has 1 N–H and O–H groups in total. The highest BCUT2D eigenvalue weighted by Crippen LogP contribution is 2.16. The molecule has 0 fully saturated rings. The van der Waals surface area contributed by atoms with Gasteiger partial charge in [-0.2, -0.15) is 0 Å². The van der Waals surface area contributed by atoms with Crippen LogP contribution in [0, 0.1) is 6.92 Å². The summed E-state index contributed by atoms with van der Waals surface area (Å²) in [7, 11) is 0. The Morgan fingerprint density at radius 1 is 1.46 bits per heavy atom. The first kappa shape index (κ1) is 8.63. The number of hydrogen-bond donors (Lipinski definition) is 2. The van der Waals surface area contributed by atoms with Crippen LogP contribution in [0.3, 0.4) is 0 Å². The third-order valence-corrected chi connectivity index (χ3v) is 2.47. The summed E-state index contributed by atoms with van der Waals surface area (Å²) in [5, 5.41) is 3.24. The van der Waals surface area contributed by atoms with Crippen molar-refractivity contribution in [1.82, 2.24) is 5.32 Å². The number of amidine groups is 1. The van der Waals surface area contributed by atoms with E-state index in [1.165, 1.54) is 5.56 Å². The Hall–Kier alpha value is -0.960. The van der Waals surface area contributed by atoms with Crippen LogP contribution in [0.25, 0.3) is 0 Å². The number of aryl methyl sites for hydroxylation is 1. The van der Waals surface area contributed by atoms with Gasteiger partial charge in [-0.25, -0.2) is 0 Å². The van der Waals surface area contributed by atoms with E-state index in [9.17, 15) is 0 Å². The van der Waals surface area contributed by atoms with Crippen LogP contribution in [0.2, 0.25) is 0 Å². The van der Waals surface area contributed by atoms with Gasteiger partial charge in [-0.3, -0.25) is 4.99 Å². The first-order valence-corrected chi connectivity index (χ1v) is 4.80. The number of rotatable bonds is 1. The number of hydrogen-bond acceptors (Lipinski definition) is 3. The molecule has 0 bridgehead atoms. The van der Waals surface area contributed by atoms with Gasteiger partial charge in [-0.05, 0) is 19.1 Å². The largest absolute Gasteiger partial charge is 0.368 e. The second-order valence-electron chi connectivity index (χ2n) is 3.18. The fraction of sp³-hybridized carbons (Fsp3) is 0.300. The van der Waals surface area contributed by atoms with Crippen LogP contribution in [0.4, 0.5) is 0 Å². The quantitative estimate of drug-likeness (QED) is 0.649. The summed E-state index contributed by atoms with van der Waals surface area (Å²) in [4.78, 5) is 5.35. The van der Waals surface area contributed by atoms with Gasteiger partial charge in [-0.1, -0.05) is 11.6 Å². The van der Waals surface area contributed by atoms with Crippen molar-refractivity contribution in [2.24, 2.45) is 4.99 Å². The van der Waals surface area contributed by atoms with Crippen molar-refractivity contribution in [3.8, 4) is 0 Å². The van der Waals surface area contributed by atoms with E-state index in [0.717, 1.165) is 29.4 Å². The second kappa shape index (κ2) is 3.42. The van der Waals surface area contributed by atoms with Crippen molar-refractivity contribution in [1.29, 1.82) is 0 Å². The molecule has 1 aromatic carbocycles. The summed E-state index contributed by atoms with van der Waals surface area (Å²) in [6.45, 7) is 3.89. The Morgan fingerprint density at radius 3 is 3.00 bits per heavy atom. The molecule has 2 rings (SSSR count). The Bertz CT molecular complexity index is 358. The van der Waals surface area contributed by atoms with Crippen LogP contribution in [0.1, 0.15) is 11.1 Å². The third kappa shape index (κ3) is 1.70. The first-order chi connectivity index (χ1) is 6.27. The lowest BCUT2D eigenvalue weighted by molar-refractivity contribution is 0.959. The van der Waals surface area contributed by atoms with E-state index in [2.05, 4.69) is 42.0 Å². The average Bonchev–Trinajstić information content (AvgIpc) is 2.61. The molecule has 68 valence electrons. The molecule has 1 aliphatic heterocycles. The van der Waals surface area contributed by atoms with E-state index < -0.39 is 0 Å². The fourth-order valence-electron chi connectivity index (χ4n) is 1.42. The van der Waals surface area contributed by atoms with Crippen LogP contribution < -0.4 is 5.32 Å². The standard InChI is InChI=1S/C10H12N2S/c1-7-2-3-9(13)8(6-7)10-11-4-5-12-10/h2-3,6,13H,4-5H2,1H3,(H,11,12).